The van der Waals surface area contributed by atoms with Crippen LogP contribution >= 0.6 is 0 Å². The summed E-state index contributed by atoms with van der Waals surface area (Å²) in [6, 6.07) is 5.60. The standard InChI is InChI=1S/C14H21N5O2/c1-5-6-15-10(2)14-16-17-18-19(14)11-7-12(20-3)9-13(8-11)21-4/h7-10,15H,5-6H2,1-4H3. The molecular formula is C14H21N5O2. The lowest BCUT2D eigenvalue weighted by Crippen LogP contribution is -2.22. The average Bonchev–Trinajstić information content (AvgIpc) is 3.01. The van der Waals surface area contributed by atoms with Crippen LogP contribution in [0.15, 0.2) is 18.2 Å². The molecule has 0 radical (unpaired) electrons. The molecule has 0 aliphatic rings. The van der Waals surface area contributed by atoms with Crippen LogP contribution in [0.4, 0.5) is 0 Å². The molecule has 0 aliphatic heterocycles. The third-order valence-corrected chi connectivity index (χ3v) is 3.16. The Labute approximate surface area is 124 Å². The van der Waals surface area contributed by atoms with E-state index in [0.717, 1.165) is 24.5 Å². The number of nitrogens with one attached hydrogen (secondary N) is 1. The number of aromatic nitrogens is 4. The summed E-state index contributed by atoms with van der Waals surface area (Å²) in [5, 5.41) is 15.3. The summed E-state index contributed by atoms with van der Waals surface area (Å²) in [4.78, 5) is 0. The van der Waals surface area contributed by atoms with Crippen LogP contribution in [-0.2, 0) is 0 Å². The molecule has 1 aromatic carbocycles. The maximum absolute atomic E-state index is 5.28. The number of ether oxygens (including phenoxy) is 2. The van der Waals surface area contributed by atoms with Gasteiger partial charge in [0.25, 0.3) is 0 Å². The summed E-state index contributed by atoms with van der Waals surface area (Å²) in [6.07, 6.45) is 1.05. The Hall–Kier alpha value is -2.15. The molecule has 1 unspecified atom stereocenters. The smallest absolute Gasteiger partial charge is 0.173 e. The number of rotatable bonds is 7. The minimum absolute atomic E-state index is 0.0529. The van der Waals surface area contributed by atoms with Gasteiger partial charge in [0.2, 0.25) is 0 Å². The molecule has 0 amide bonds. The number of methoxy groups -OCH3 is 2. The van der Waals surface area contributed by atoms with Gasteiger partial charge in [-0.15, -0.1) is 5.10 Å². The van der Waals surface area contributed by atoms with Crippen molar-refractivity contribution in [2.45, 2.75) is 26.3 Å². The fourth-order valence-corrected chi connectivity index (χ4v) is 2.01. The Bertz CT molecular complexity index is 562. The van der Waals surface area contributed by atoms with Crippen LogP contribution in [0, 0.1) is 0 Å². The fourth-order valence-electron chi connectivity index (χ4n) is 2.01. The topological polar surface area (TPSA) is 74.1 Å². The molecule has 0 saturated heterocycles. The number of nitrogens with zero attached hydrogens (tertiary/aromatic N) is 4. The van der Waals surface area contributed by atoms with Gasteiger partial charge in [0.1, 0.15) is 11.5 Å². The zero-order valence-corrected chi connectivity index (χ0v) is 12.8. The lowest BCUT2D eigenvalue weighted by molar-refractivity contribution is 0.393. The summed E-state index contributed by atoms with van der Waals surface area (Å²) in [5.74, 6) is 2.14. The van der Waals surface area contributed by atoms with Crippen molar-refractivity contribution >= 4 is 0 Å². The lowest BCUT2D eigenvalue weighted by Gasteiger charge is -2.14. The monoisotopic (exact) mass is 291 g/mol. The molecule has 0 aliphatic carbocycles. The number of hydrogen-bond donors (Lipinski definition) is 1. The second-order valence-corrected chi connectivity index (χ2v) is 4.70. The molecule has 1 N–H and O–H groups in total. The maximum atomic E-state index is 5.28. The van der Waals surface area contributed by atoms with Gasteiger partial charge in [-0.1, -0.05) is 6.92 Å². The van der Waals surface area contributed by atoms with E-state index in [1.54, 1.807) is 18.9 Å². The van der Waals surface area contributed by atoms with Gasteiger partial charge >= 0.3 is 0 Å². The molecule has 1 heterocycles. The normalized spacial score (nSPS) is 12.2. The van der Waals surface area contributed by atoms with E-state index in [2.05, 4.69) is 27.8 Å². The molecule has 2 rings (SSSR count). The third-order valence-electron chi connectivity index (χ3n) is 3.16. The SMILES string of the molecule is CCCNC(C)c1nnnn1-c1cc(OC)cc(OC)c1. The van der Waals surface area contributed by atoms with Crippen LogP contribution in [-0.4, -0.2) is 41.0 Å². The maximum Gasteiger partial charge on any atom is 0.173 e. The molecule has 1 atom stereocenters. The first-order valence-corrected chi connectivity index (χ1v) is 6.94. The molecule has 21 heavy (non-hydrogen) atoms. The van der Waals surface area contributed by atoms with E-state index in [0.29, 0.717) is 11.5 Å². The van der Waals surface area contributed by atoms with E-state index in [-0.39, 0.29) is 6.04 Å². The van der Waals surface area contributed by atoms with Crippen molar-refractivity contribution in [2.24, 2.45) is 0 Å². The van der Waals surface area contributed by atoms with Crippen LogP contribution in [0.1, 0.15) is 32.1 Å². The van der Waals surface area contributed by atoms with E-state index in [4.69, 9.17) is 9.47 Å². The second-order valence-electron chi connectivity index (χ2n) is 4.70. The van der Waals surface area contributed by atoms with Crippen molar-refractivity contribution < 1.29 is 9.47 Å². The summed E-state index contributed by atoms with van der Waals surface area (Å²) in [5.41, 5.74) is 0.802. The highest BCUT2D eigenvalue weighted by atomic mass is 16.5. The van der Waals surface area contributed by atoms with Crippen LogP contribution in [0.2, 0.25) is 0 Å². The Morgan fingerprint density at radius 1 is 1.19 bits per heavy atom. The predicted molar refractivity (Wildman–Crippen MR) is 79.0 cm³/mol. The van der Waals surface area contributed by atoms with Crippen LogP contribution in [0.3, 0.4) is 0 Å². The first-order chi connectivity index (χ1) is 10.2. The Balaban J connectivity index is 2.36. The zero-order valence-electron chi connectivity index (χ0n) is 12.8. The van der Waals surface area contributed by atoms with Gasteiger partial charge in [-0.25, -0.2) is 0 Å². The average molecular weight is 291 g/mol. The molecule has 7 heteroatoms. The van der Waals surface area contributed by atoms with Gasteiger partial charge < -0.3 is 14.8 Å². The van der Waals surface area contributed by atoms with Crippen molar-refractivity contribution in [2.75, 3.05) is 20.8 Å². The zero-order chi connectivity index (χ0) is 15.2. The van der Waals surface area contributed by atoms with E-state index < -0.39 is 0 Å². The summed E-state index contributed by atoms with van der Waals surface area (Å²) in [6.45, 7) is 5.07. The van der Waals surface area contributed by atoms with Gasteiger partial charge in [-0.3, -0.25) is 0 Å². The highest BCUT2D eigenvalue weighted by Gasteiger charge is 2.16. The van der Waals surface area contributed by atoms with Crippen molar-refractivity contribution in [3.8, 4) is 17.2 Å². The summed E-state index contributed by atoms with van der Waals surface area (Å²) >= 11 is 0. The Kier molecular flexibility index (Phi) is 5.10. The van der Waals surface area contributed by atoms with Gasteiger partial charge in [0, 0.05) is 18.2 Å². The van der Waals surface area contributed by atoms with Gasteiger partial charge in [-0.05, 0) is 30.3 Å². The molecule has 0 bridgehead atoms. The van der Waals surface area contributed by atoms with Crippen LogP contribution < -0.4 is 14.8 Å². The third kappa shape index (κ3) is 3.49. The second kappa shape index (κ2) is 7.03. The highest BCUT2D eigenvalue weighted by molar-refractivity contribution is 5.46. The highest BCUT2D eigenvalue weighted by Crippen LogP contribution is 2.25. The summed E-state index contributed by atoms with van der Waals surface area (Å²) in [7, 11) is 3.23. The first kappa shape index (κ1) is 15.2. The molecule has 0 saturated carbocycles. The molecule has 1 aromatic heterocycles. The van der Waals surface area contributed by atoms with Gasteiger partial charge in [-0.2, -0.15) is 4.68 Å². The molecule has 0 spiro atoms. The first-order valence-electron chi connectivity index (χ1n) is 6.94. The summed E-state index contributed by atoms with van der Waals surface area (Å²) < 4.78 is 12.3. The molecule has 7 nitrogen and oxygen atoms in total. The van der Waals surface area contributed by atoms with Gasteiger partial charge in [0.15, 0.2) is 5.82 Å². The Morgan fingerprint density at radius 2 is 1.86 bits per heavy atom. The Morgan fingerprint density at radius 3 is 2.43 bits per heavy atom. The largest absolute Gasteiger partial charge is 0.497 e. The number of hydrogen-bond acceptors (Lipinski definition) is 6. The fraction of sp³-hybridized carbons (Fsp3) is 0.500. The van der Waals surface area contributed by atoms with Crippen molar-refractivity contribution in [3.05, 3.63) is 24.0 Å². The quantitative estimate of drug-likeness (QED) is 0.837. The van der Waals surface area contributed by atoms with E-state index in [1.807, 2.05) is 25.1 Å². The molecule has 0 fully saturated rings. The van der Waals surface area contributed by atoms with E-state index in [9.17, 15) is 0 Å². The number of tetrazole rings is 1. The lowest BCUT2D eigenvalue weighted by atomic mass is 10.2. The minimum atomic E-state index is 0.0529. The van der Waals surface area contributed by atoms with Crippen LogP contribution in [0.25, 0.3) is 5.69 Å². The van der Waals surface area contributed by atoms with Crippen molar-refractivity contribution in [3.63, 3.8) is 0 Å². The minimum Gasteiger partial charge on any atom is -0.497 e. The molecule has 2 aromatic rings. The number of benzene rings is 1. The van der Waals surface area contributed by atoms with Crippen molar-refractivity contribution in [1.82, 2.24) is 25.5 Å². The van der Waals surface area contributed by atoms with E-state index in [1.165, 1.54) is 0 Å². The van der Waals surface area contributed by atoms with Crippen LogP contribution in [0.5, 0.6) is 11.5 Å². The molecule has 114 valence electrons. The van der Waals surface area contributed by atoms with Gasteiger partial charge in [0.05, 0.1) is 25.9 Å². The predicted octanol–water partition coefficient (Wildman–Crippen LogP) is 1.74. The van der Waals surface area contributed by atoms with E-state index >= 15 is 0 Å². The van der Waals surface area contributed by atoms with Crippen molar-refractivity contribution in [1.29, 1.82) is 0 Å². The molecular weight excluding hydrogens is 270 g/mol.